The van der Waals surface area contributed by atoms with Crippen LogP contribution in [-0.2, 0) is 4.79 Å². The van der Waals surface area contributed by atoms with Crippen LogP contribution in [0.25, 0.3) is 0 Å². The first kappa shape index (κ1) is 33.2. The molecule has 0 bridgehead atoms. The second-order valence-electron chi connectivity index (χ2n) is 6.68. The molecular formula is C16H4Cl3F15O3. The van der Waals surface area contributed by atoms with Gasteiger partial charge in [0.05, 0.1) is 0 Å². The van der Waals surface area contributed by atoms with E-state index < -0.39 is 68.6 Å². The zero-order valence-electron chi connectivity index (χ0n) is 16.3. The molecule has 0 spiro atoms. The van der Waals surface area contributed by atoms with E-state index >= 15 is 0 Å². The molecule has 21 heteroatoms. The first-order valence-electron chi connectivity index (χ1n) is 8.29. The van der Waals surface area contributed by atoms with Crippen LogP contribution in [0.2, 0.25) is 0 Å². The lowest BCUT2D eigenvalue weighted by molar-refractivity contribution is -0.450. The molecule has 0 aliphatic carbocycles. The van der Waals surface area contributed by atoms with E-state index in [0.717, 1.165) is 0 Å². The molecule has 212 valence electrons. The number of carbonyl (C=O) groups is 2. The van der Waals surface area contributed by atoms with Gasteiger partial charge in [0.1, 0.15) is 5.75 Å². The minimum atomic E-state index is -8.55. The van der Waals surface area contributed by atoms with Gasteiger partial charge in [-0.15, -0.1) is 0 Å². The molecule has 0 heterocycles. The number of hydrogen-bond donors (Lipinski definition) is 0. The highest BCUT2D eigenvalue weighted by Gasteiger charge is 2.94. The van der Waals surface area contributed by atoms with Gasteiger partial charge in [0.25, 0.3) is 3.79 Å². The third-order valence-electron chi connectivity index (χ3n) is 4.17. The summed E-state index contributed by atoms with van der Waals surface area (Å²) in [4.78, 5) is 23.0. The Morgan fingerprint density at radius 3 is 1.27 bits per heavy atom. The molecule has 0 fully saturated rings. The van der Waals surface area contributed by atoms with E-state index in [4.69, 9.17) is 34.8 Å². The molecule has 0 aliphatic rings. The molecule has 0 aliphatic heterocycles. The molecule has 0 unspecified atom stereocenters. The van der Waals surface area contributed by atoms with Crippen molar-refractivity contribution >= 4 is 46.6 Å². The highest BCUT2D eigenvalue weighted by Crippen LogP contribution is 2.62. The Hall–Kier alpha value is -1.82. The number of rotatable bonds is 8. The summed E-state index contributed by atoms with van der Waals surface area (Å²) in [6, 6.07) is 1.60. The summed E-state index contributed by atoms with van der Waals surface area (Å²) >= 11 is 15.7. The summed E-state index contributed by atoms with van der Waals surface area (Å²) < 4.78 is 198. The van der Waals surface area contributed by atoms with Crippen molar-refractivity contribution in [3.63, 3.8) is 0 Å². The Balaban J connectivity index is 3.41. The smallest absolute Gasteiger partial charge is 0.422 e. The van der Waals surface area contributed by atoms with Crippen molar-refractivity contribution < 1.29 is 80.2 Å². The van der Waals surface area contributed by atoms with Crippen LogP contribution in [0.5, 0.6) is 5.75 Å². The molecule has 1 rings (SSSR count). The molecule has 37 heavy (non-hydrogen) atoms. The number of halogens is 18. The molecule has 0 amide bonds. The average molecular weight is 636 g/mol. The zero-order chi connectivity index (χ0) is 29.8. The standard InChI is InChI=1S/C16H4Cl3F15O3/c17-10(18,19)7(35)5-1-3-6(4-2-5)37-8(36)9(20,21)11(22,23)12(24,25)13(26,27)14(28,29)15(30,31)16(32,33)34/h1-4H. The molecule has 0 radical (unpaired) electrons. The normalized spacial score (nSPS) is 15.0. The summed E-state index contributed by atoms with van der Waals surface area (Å²) in [7, 11) is 0. The molecule has 0 saturated heterocycles. The van der Waals surface area contributed by atoms with Crippen LogP contribution in [0.15, 0.2) is 24.3 Å². The maximum atomic E-state index is 13.8. The van der Waals surface area contributed by atoms with Crippen LogP contribution < -0.4 is 4.74 Å². The fraction of sp³-hybridized carbons (Fsp3) is 0.500. The summed E-state index contributed by atoms with van der Waals surface area (Å²) in [6.45, 7) is 0. The van der Waals surface area contributed by atoms with Gasteiger partial charge in [-0.05, 0) is 24.3 Å². The number of benzene rings is 1. The summed E-state index contributed by atoms with van der Waals surface area (Å²) in [6.07, 6.45) is -7.75. The second-order valence-corrected chi connectivity index (χ2v) is 8.97. The van der Waals surface area contributed by atoms with Crippen LogP contribution in [-0.4, -0.2) is 57.3 Å². The minimum absolute atomic E-state index is 0.292. The lowest BCUT2D eigenvalue weighted by Crippen LogP contribution is -2.73. The summed E-state index contributed by atoms with van der Waals surface area (Å²) in [5.41, 5.74) is -0.573. The summed E-state index contributed by atoms with van der Waals surface area (Å²) in [5, 5.41) is 0. The Kier molecular flexibility index (Phi) is 8.46. The predicted molar refractivity (Wildman–Crippen MR) is 92.4 cm³/mol. The number of alkyl halides is 18. The van der Waals surface area contributed by atoms with Crippen LogP contribution in [0.1, 0.15) is 10.4 Å². The van der Waals surface area contributed by atoms with E-state index in [1.54, 1.807) is 0 Å². The lowest BCUT2D eigenvalue weighted by atomic mass is 9.91. The van der Waals surface area contributed by atoms with Gasteiger partial charge in [0.15, 0.2) is 0 Å². The van der Waals surface area contributed by atoms with Crippen molar-refractivity contribution in [3.05, 3.63) is 29.8 Å². The first-order chi connectivity index (χ1) is 16.0. The van der Waals surface area contributed by atoms with Crippen LogP contribution in [0.3, 0.4) is 0 Å². The Morgan fingerprint density at radius 2 is 0.919 bits per heavy atom. The summed E-state index contributed by atoms with van der Waals surface area (Å²) in [5.74, 6) is -55.4. The Bertz CT molecular complexity index is 1030. The maximum Gasteiger partial charge on any atom is 0.460 e. The van der Waals surface area contributed by atoms with Crippen molar-refractivity contribution in [1.82, 2.24) is 0 Å². The van der Waals surface area contributed by atoms with Gasteiger partial charge in [-0.3, -0.25) is 4.79 Å². The van der Waals surface area contributed by atoms with E-state index in [1.165, 1.54) is 0 Å². The van der Waals surface area contributed by atoms with E-state index in [0.29, 0.717) is 24.3 Å². The molecule has 1 aromatic rings. The number of Topliss-reactive ketones (excluding diaryl/α,β-unsaturated/α-hetero) is 1. The second kappa shape index (κ2) is 9.43. The van der Waals surface area contributed by atoms with E-state index in [-0.39, 0.29) is 0 Å². The Morgan fingerprint density at radius 1 is 0.568 bits per heavy atom. The lowest BCUT2D eigenvalue weighted by Gasteiger charge is -2.40. The Labute approximate surface area is 208 Å². The van der Waals surface area contributed by atoms with Gasteiger partial charge in [-0.1, -0.05) is 34.8 Å². The molecule has 1 aromatic carbocycles. The number of ether oxygens (including phenoxy) is 1. The van der Waals surface area contributed by atoms with Gasteiger partial charge < -0.3 is 4.74 Å². The number of esters is 1. The van der Waals surface area contributed by atoms with Gasteiger partial charge in [0, 0.05) is 5.56 Å². The maximum absolute atomic E-state index is 13.8. The molecule has 3 nitrogen and oxygen atoms in total. The zero-order valence-corrected chi connectivity index (χ0v) is 18.6. The van der Waals surface area contributed by atoms with Crippen molar-refractivity contribution in [2.24, 2.45) is 0 Å². The topological polar surface area (TPSA) is 43.4 Å². The largest absolute Gasteiger partial charge is 0.460 e. The van der Waals surface area contributed by atoms with Crippen molar-refractivity contribution in [2.75, 3.05) is 0 Å². The molecule has 0 N–H and O–H groups in total. The van der Waals surface area contributed by atoms with E-state index in [9.17, 15) is 75.4 Å². The van der Waals surface area contributed by atoms with Crippen molar-refractivity contribution in [3.8, 4) is 5.75 Å². The quantitative estimate of drug-likeness (QED) is 0.0977. The average Bonchev–Trinajstić information content (AvgIpc) is 2.71. The van der Waals surface area contributed by atoms with Gasteiger partial charge >= 0.3 is 47.7 Å². The highest BCUT2D eigenvalue weighted by molar-refractivity contribution is 6.77. The van der Waals surface area contributed by atoms with Crippen molar-refractivity contribution in [1.29, 1.82) is 0 Å². The monoisotopic (exact) mass is 634 g/mol. The molecule has 0 aromatic heterocycles. The molecule has 0 saturated carbocycles. The van der Waals surface area contributed by atoms with Crippen LogP contribution in [0.4, 0.5) is 65.9 Å². The molecule has 0 atom stereocenters. The first-order valence-corrected chi connectivity index (χ1v) is 9.42. The number of carbonyl (C=O) groups excluding carboxylic acids is 2. The number of hydrogen-bond acceptors (Lipinski definition) is 3. The highest BCUT2D eigenvalue weighted by atomic mass is 35.6. The molecular weight excluding hydrogens is 632 g/mol. The van der Waals surface area contributed by atoms with E-state index in [1.807, 2.05) is 0 Å². The third-order valence-corrected chi connectivity index (χ3v) is 4.68. The predicted octanol–water partition coefficient (Wildman–Crippen LogP) is 7.52. The van der Waals surface area contributed by atoms with Crippen LogP contribution in [0, 0.1) is 0 Å². The van der Waals surface area contributed by atoms with Crippen molar-refractivity contribution in [2.45, 2.75) is 45.5 Å². The van der Waals surface area contributed by atoms with Gasteiger partial charge in [0.2, 0.25) is 5.78 Å². The van der Waals surface area contributed by atoms with Gasteiger partial charge in [-0.25, -0.2) is 4.79 Å². The fourth-order valence-electron chi connectivity index (χ4n) is 2.10. The SMILES string of the molecule is O=C(c1ccc(OC(=O)C(F)(F)C(F)(F)C(F)(F)C(F)(F)C(F)(F)C(F)(F)C(F)(F)F)cc1)C(Cl)(Cl)Cl. The fourth-order valence-corrected chi connectivity index (χ4v) is 2.43. The van der Waals surface area contributed by atoms with Crippen LogP contribution >= 0.6 is 34.8 Å². The number of ketones is 1. The third kappa shape index (κ3) is 5.24. The minimum Gasteiger partial charge on any atom is -0.422 e. The van der Waals surface area contributed by atoms with E-state index in [2.05, 4.69) is 4.74 Å². The van der Waals surface area contributed by atoms with Gasteiger partial charge in [-0.2, -0.15) is 65.9 Å².